The number of hydrogen-bond donors (Lipinski definition) is 3. The normalized spacial score (nSPS) is 30.2. The predicted octanol–water partition coefficient (Wildman–Crippen LogP) is -0.698. The van der Waals surface area contributed by atoms with E-state index in [0.29, 0.717) is 12.5 Å². The summed E-state index contributed by atoms with van der Waals surface area (Å²) in [5.41, 5.74) is 0. The molecule has 20 heavy (non-hydrogen) atoms. The van der Waals surface area contributed by atoms with E-state index in [4.69, 9.17) is 4.74 Å². The number of nitrogens with zero attached hydrogens (tertiary/aromatic N) is 1. The Labute approximate surface area is 118 Å². The second-order valence-corrected chi connectivity index (χ2v) is 5.78. The molecule has 1 saturated carbocycles. The lowest BCUT2D eigenvalue weighted by Crippen LogP contribution is -2.50. The molecule has 4 atom stereocenters. The highest BCUT2D eigenvalue weighted by atomic mass is 16.5. The van der Waals surface area contributed by atoms with E-state index in [1.807, 2.05) is 4.90 Å². The van der Waals surface area contributed by atoms with Crippen LogP contribution in [0, 0.1) is 5.92 Å². The standard InChI is InChI=1S/C13H23N3O4/c1-8(7-20-2)14-13(19)15-12(18)6-16-5-9-3-10(16)11(17)4-9/h8-11,17H,3-7H2,1-2H3,(H2,14,15,18,19)/t8?,9-,10+,11+/m0/s1. The molecule has 1 saturated heterocycles. The molecular formula is C13H23N3O4. The lowest BCUT2D eigenvalue weighted by atomic mass is 10.1. The van der Waals surface area contributed by atoms with Crippen LogP contribution >= 0.6 is 0 Å². The van der Waals surface area contributed by atoms with E-state index < -0.39 is 6.03 Å². The highest BCUT2D eigenvalue weighted by molar-refractivity contribution is 5.95. The SMILES string of the molecule is COCC(C)NC(=O)NC(=O)CN1C[C@@H]2C[C@@H](O)[C@H]1C2. The van der Waals surface area contributed by atoms with Gasteiger partial charge in [-0.3, -0.25) is 15.0 Å². The molecular weight excluding hydrogens is 262 g/mol. The molecule has 1 aliphatic heterocycles. The largest absolute Gasteiger partial charge is 0.391 e. The number of carbonyl (C=O) groups excluding carboxylic acids is 2. The van der Waals surface area contributed by atoms with Gasteiger partial charge < -0.3 is 15.2 Å². The number of hydrogen-bond acceptors (Lipinski definition) is 5. The molecule has 2 bridgehead atoms. The van der Waals surface area contributed by atoms with Gasteiger partial charge >= 0.3 is 6.03 Å². The molecule has 2 aliphatic rings. The summed E-state index contributed by atoms with van der Waals surface area (Å²) in [5, 5.41) is 14.7. The van der Waals surface area contributed by atoms with Crippen molar-refractivity contribution >= 4 is 11.9 Å². The molecule has 7 heteroatoms. The fourth-order valence-electron chi connectivity index (χ4n) is 3.19. The molecule has 0 aromatic rings. The van der Waals surface area contributed by atoms with Crippen LogP contribution in [0.2, 0.25) is 0 Å². The van der Waals surface area contributed by atoms with E-state index in [1.54, 1.807) is 14.0 Å². The third kappa shape index (κ3) is 3.68. The molecule has 114 valence electrons. The van der Waals surface area contributed by atoms with Crippen molar-refractivity contribution in [3.05, 3.63) is 0 Å². The Morgan fingerprint density at radius 2 is 2.20 bits per heavy atom. The first kappa shape index (κ1) is 15.2. The molecule has 1 unspecified atom stereocenters. The smallest absolute Gasteiger partial charge is 0.321 e. The van der Waals surface area contributed by atoms with Gasteiger partial charge in [-0.15, -0.1) is 0 Å². The highest BCUT2D eigenvalue weighted by Crippen LogP contribution is 2.37. The highest BCUT2D eigenvalue weighted by Gasteiger charge is 2.44. The number of fused-ring (bicyclic) bond motifs is 2. The third-order valence-corrected chi connectivity index (χ3v) is 3.95. The summed E-state index contributed by atoms with van der Waals surface area (Å²) in [5.74, 6) is 0.144. The monoisotopic (exact) mass is 285 g/mol. The van der Waals surface area contributed by atoms with Crippen LogP contribution in [0.25, 0.3) is 0 Å². The zero-order chi connectivity index (χ0) is 14.7. The van der Waals surface area contributed by atoms with Crippen molar-refractivity contribution in [1.29, 1.82) is 0 Å². The first-order valence-electron chi connectivity index (χ1n) is 7.01. The topological polar surface area (TPSA) is 90.9 Å². The number of imide groups is 1. The number of carbonyl (C=O) groups is 2. The van der Waals surface area contributed by atoms with Crippen molar-refractivity contribution < 1.29 is 19.4 Å². The number of rotatable bonds is 5. The van der Waals surface area contributed by atoms with Gasteiger partial charge in [0.1, 0.15) is 0 Å². The second kappa shape index (κ2) is 6.51. The van der Waals surface area contributed by atoms with Crippen LogP contribution in [-0.4, -0.2) is 66.9 Å². The van der Waals surface area contributed by atoms with E-state index in [1.165, 1.54) is 0 Å². The minimum atomic E-state index is -0.510. The first-order valence-corrected chi connectivity index (χ1v) is 7.01. The van der Waals surface area contributed by atoms with Crippen molar-refractivity contribution in [2.75, 3.05) is 26.8 Å². The van der Waals surface area contributed by atoms with Gasteiger partial charge in [-0.2, -0.15) is 0 Å². The molecule has 0 spiro atoms. The Morgan fingerprint density at radius 3 is 2.80 bits per heavy atom. The van der Waals surface area contributed by atoms with Crippen molar-refractivity contribution in [3.63, 3.8) is 0 Å². The molecule has 2 fully saturated rings. The van der Waals surface area contributed by atoms with E-state index >= 15 is 0 Å². The average molecular weight is 285 g/mol. The molecule has 0 aromatic carbocycles. The minimum absolute atomic E-state index is 0.0706. The van der Waals surface area contributed by atoms with E-state index in [-0.39, 0.29) is 30.6 Å². The van der Waals surface area contributed by atoms with E-state index in [9.17, 15) is 14.7 Å². The number of urea groups is 1. The van der Waals surface area contributed by atoms with Crippen LogP contribution in [-0.2, 0) is 9.53 Å². The molecule has 2 rings (SSSR count). The van der Waals surface area contributed by atoms with Gasteiger partial charge in [-0.05, 0) is 25.7 Å². The van der Waals surface area contributed by atoms with E-state index in [0.717, 1.165) is 19.4 Å². The number of nitrogens with one attached hydrogen (secondary N) is 2. The number of aliphatic hydroxyl groups excluding tert-OH is 1. The Kier molecular flexibility index (Phi) is 4.95. The Balaban J connectivity index is 1.72. The van der Waals surface area contributed by atoms with Crippen molar-refractivity contribution in [2.24, 2.45) is 5.92 Å². The summed E-state index contributed by atoms with van der Waals surface area (Å²) in [6, 6.07) is -0.594. The lowest BCUT2D eigenvalue weighted by Gasteiger charge is -2.29. The average Bonchev–Trinajstić information content (AvgIpc) is 2.86. The maximum Gasteiger partial charge on any atom is 0.321 e. The minimum Gasteiger partial charge on any atom is -0.391 e. The Bertz CT molecular complexity index is 377. The molecule has 3 N–H and O–H groups in total. The molecule has 3 amide bonds. The van der Waals surface area contributed by atoms with Crippen LogP contribution in [0.1, 0.15) is 19.8 Å². The predicted molar refractivity (Wildman–Crippen MR) is 72.1 cm³/mol. The van der Waals surface area contributed by atoms with E-state index in [2.05, 4.69) is 10.6 Å². The summed E-state index contributed by atoms with van der Waals surface area (Å²) >= 11 is 0. The van der Waals surface area contributed by atoms with Crippen LogP contribution in [0.4, 0.5) is 4.79 Å². The van der Waals surface area contributed by atoms with Gasteiger partial charge in [-0.25, -0.2) is 4.79 Å². The van der Waals surface area contributed by atoms with Crippen LogP contribution in [0.5, 0.6) is 0 Å². The molecule has 1 heterocycles. The number of likely N-dealkylation sites (tertiary alicyclic amines) is 1. The fraction of sp³-hybridized carbons (Fsp3) is 0.846. The van der Waals surface area contributed by atoms with Crippen LogP contribution in [0.15, 0.2) is 0 Å². The zero-order valence-electron chi connectivity index (χ0n) is 12.0. The Morgan fingerprint density at radius 1 is 1.45 bits per heavy atom. The number of amides is 3. The molecule has 7 nitrogen and oxygen atoms in total. The summed E-state index contributed by atoms with van der Waals surface area (Å²) in [6.45, 7) is 3.17. The molecule has 1 aliphatic carbocycles. The van der Waals surface area contributed by atoms with Crippen LogP contribution < -0.4 is 10.6 Å². The number of ether oxygens (including phenoxy) is 1. The van der Waals surface area contributed by atoms with Crippen molar-refractivity contribution in [1.82, 2.24) is 15.5 Å². The van der Waals surface area contributed by atoms with Crippen molar-refractivity contribution in [2.45, 2.75) is 38.0 Å². The third-order valence-electron chi connectivity index (χ3n) is 3.95. The first-order chi connectivity index (χ1) is 9.49. The maximum atomic E-state index is 11.8. The number of aliphatic hydroxyl groups is 1. The Hall–Kier alpha value is -1.18. The number of methoxy groups -OCH3 is 1. The van der Waals surface area contributed by atoms with Gasteiger partial charge in [0, 0.05) is 19.7 Å². The lowest BCUT2D eigenvalue weighted by molar-refractivity contribution is -0.122. The zero-order valence-corrected chi connectivity index (χ0v) is 12.0. The summed E-state index contributed by atoms with van der Waals surface area (Å²) < 4.78 is 4.90. The van der Waals surface area contributed by atoms with Gasteiger partial charge in [0.25, 0.3) is 0 Å². The summed E-state index contributed by atoms with van der Waals surface area (Å²) in [6.07, 6.45) is 1.45. The van der Waals surface area contributed by atoms with Gasteiger partial charge in [0.05, 0.1) is 25.3 Å². The van der Waals surface area contributed by atoms with Gasteiger partial charge in [0.2, 0.25) is 5.91 Å². The quantitative estimate of drug-likeness (QED) is 0.621. The summed E-state index contributed by atoms with van der Waals surface area (Å²) in [7, 11) is 1.55. The molecule has 0 radical (unpaired) electrons. The maximum absolute atomic E-state index is 11.8. The van der Waals surface area contributed by atoms with Gasteiger partial charge in [0.15, 0.2) is 0 Å². The molecule has 0 aromatic heterocycles. The summed E-state index contributed by atoms with van der Waals surface area (Å²) in [4.78, 5) is 25.3. The van der Waals surface area contributed by atoms with Gasteiger partial charge in [-0.1, -0.05) is 0 Å². The van der Waals surface area contributed by atoms with Crippen molar-refractivity contribution in [3.8, 4) is 0 Å². The fourth-order valence-corrected chi connectivity index (χ4v) is 3.19. The number of piperidine rings is 1. The van der Waals surface area contributed by atoms with Crippen LogP contribution in [0.3, 0.4) is 0 Å². The second-order valence-electron chi connectivity index (χ2n) is 5.78.